The van der Waals surface area contributed by atoms with Crippen molar-refractivity contribution in [3.05, 3.63) is 96.1 Å². The van der Waals surface area contributed by atoms with Gasteiger partial charge in [-0.3, -0.25) is 0 Å². The second kappa shape index (κ2) is 16.6. The minimum atomic E-state index is -1.98. The Bertz CT molecular complexity index is 2500. The molecule has 0 nitrogen and oxygen atoms in total. The summed E-state index contributed by atoms with van der Waals surface area (Å²) in [6, 6.07) is 33.4. The second-order valence-corrected chi connectivity index (χ2v) is 30.8. The van der Waals surface area contributed by atoms with Crippen LogP contribution in [0.2, 0.25) is 33.2 Å². The Labute approximate surface area is 374 Å². The van der Waals surface area contributed by atoms with E-state index < -0.39 is 16.1 Å². The molecule has 0 spiro atoms. The monoisotopic (exact) mass is 844 g/mol. The minimum absolute atomic E-state index is 0.886. The summed E-state index contributed by atoms with van der Waals surface area (Å²) >= 11 is 0. The Balaban J connectivity index is 1.18. The van der Waals surface area contributed by atoms with Gasteiger partial charge in [0.1, 0.15) is 16.1 Å². The molecule has 316 valence electrons. The summed E-state index contributed by atoms with van der Waals surface area (Å²) in [6.07, 6.45) is 34.5. The number of hydrogen-bond donors (Lipinski definition) is 0. The van der Waals surface area contributed by atoms with Crippen LogP contribution in [-0.2, 0) is 0 Å². The van der Waals surface area contributed by atoms with Crippen molar-refractivity contribution in [2.75, 3.05) is 0 Å². The highest BCUT2D eigenvalue weighted by molar-refractivity contribution is 6.91. The molecule has 0 amide bonds. The van der Waals surface area contributed by atoms with Crippen LogP contribution in [0.5, 0.6) is 0 Å². The van der Waals surface area contributed by atoms with Gasteiger partial charge >= 0.3 is 0 Å². The van der Waals surface area contributed by atoms with E-state index in [0.29, 0.717) is 0 Å². The molecule has 6 aromatic carbocycles. The lowest BCUT2D eigenvalue weighted by Gasteiger charge is -2.43. The van der Waals surface area contributed by atoms with Gasteiger partial charge in [-0.2, -0.15) is 0 Å². The van der Waals surface area contributed by atoms with Crippen molar-refractivity contribution in [2.45, 2.75) is 187 Å². The average molecular weight is 845 g/mol. The Kier molecular flexibility index (Phi) is 10.7. The molecule has 6 saturated carbocycles. The molecule has 0 unspecified atom stereocenters. The van der Waals surface area contributed by atoms with Crippen LogP contribution in [0.15, 0.2) is 84.9 Å². The number of hydrogen-bond acceptors (Lipinski definition) is 0. The molecule has 6 fully saturated rings. The Morgan fingerprint density at radius 3 is 0.774 bits per heavy atom. The molecule has 0 aliphatic heterocycles. The summed E-state index contributed by atoms with van der Waals surface area (Å²) in [5.41, 5.74) is 17.2. The molecular formula is C60H68Si2. The maximum atomic E-state index is 4.63. The van der Waals surface area contributed by atoms with Gasteiger partial charge in [0.25, 0.3) is 0 Å². The van der Waals surface area contributed by atoms with E-state index in [2.05, 4.69) is 108 Å². The van der Waals surface area contributed by atoms with Crippen molar-refractivity contribution in [2.24, 2.45) is 0 Å². The fourth-order valence-corrected chi connectivity index (χ4v) is 30.1. The van der Waals surface area contributed by atoms with Crippen LogP contribution < -0.4 is 0 Å². The van der Waals surface area contributed by atoms with Crippen LogP contribution >= 0.6 is 0 Å². The van der Waals surface area contributed by atoms with E-state index >= 15 is 0 Å². The quantitative estimate of drug-likeness (QED) is 0.0890. The van der Waals surface area contributed by atoms with Gasteiger partial charge in [-0.15, -0.1) is 11.1 Å². The Morgan fingerprint density at radius 2 is 0.516 bits per heavy atom. The van der Waals surface area contributed by atoms with E-state index in [0.717, 1.165) is 33.2 Å². The highest BCUT2D eigenvalue weighted by atomic mass is 28.3. The lowest BCUT2D eigenvalue weighted by molar-refractivity contribution is 0.690. The number of fused-ring (bicyclic) bond motifs is 5. The fraction of sp³-hybridized carbons (Fsp3) is 0.500. The van der Waals surface area contributed by atoms with Gasteiger partial charge in [0, 0.05) is 11.1 Å². The molecule has 0 atom stereocenters. The van der Waals surface area contributed by atoms with E-state index in [4.69, 9.17) is 0 Å². The largest absolute Gasteiger partial charge is 0.148 e. The van der Waals surface area contributed by atoms with Crippen LogP contribution in [-0.4, -0.2) is 16.1 Å². The molecule has 0 aromatic heterocycles. The van der Waals surface area contributed by atoms with Gasteiger partial charge in [-0.25, -0.2) is 0 Å². The van der Waals surface area contributed by atoms with Gasteiger partial charge in [0.15, 0.2) is 0 Å². The first-order chi connectivity index (χ1) is 30.7. The third-order valence-corrected chi connectivity index (χ3v) is 31.5. The molecule has 6 aliphatic rings. The highest BCUT2D eigenvalue weighted by Gasteiger charge is 2.55. The number of rotatable bonds is 6. The van der Waals surface area contributed by atoms with Crippen molar-refractivity contribution in [1.29, 1.82) is 0 Å². The molecule has 0 heterocycles. The van der Waals surface area contributed by atoms with E-state index in [1.165, 1.54) is 219 Å². The molecular weight excluding hydrogens is 777 g/mol. The maximum absolute atomic E-state index is 4.63. The zero-order valence-electron chi connectivity index (χ0n) is 37.5. The van der Waals surface area contributed by atoms with Gasteiger partial charge < -0.3 is 0 Å². The van der Waals surface area contributed by atoms with Crippen molar-refractivity contribution in [3.63, 3.8) is 0 Å². The van der Waals surface area contributed by atoms with Crippen LogP contribution in [0, 0.1) is 22.9 Å². The standard InChI is InChI=1S/C60H68Si2/c1-2-18-44-38-48-42-60-56(34-36-62(52-27-11-12-28-52,53-29-13-14-30-53)54-31-15-16-32-54)58-40-46-20-4-3-19-45(46)39-57(58)55(59(60)41-47(48)37-43(44)17-1)33-35-61(49-21-5-6-22-49,50-23-7-8-24-50)51-25-9-10-26-51/h1-4,17-20,37-42,49-54H,5-16,21-32H2. The van der Waals surface area contributed by atoms with Crippen molar-refractivity contribution in [1.82, 2.24) is 0 Å². The van der Waals surface area contributed by atoms with Gasteiger partial charge in [-0.1, -0.05) is 214 Å². The summed E-state index contributed by atoms with van der Waals surface area (Å²) in [4.78, 5) is 0. The molecule has 0 bridgehead atoms. The van der Waals surface area contributed by atoms with Crippen molar-refractivity contribution >= 4 is 70.0 Å². The van der Waals surface area contributed by atoms with Crippen LogP contribution in [0.1, 0.15) is 165 Å². The van der Waals surface area contributed by atoms with Gasteiger partial charge in [-0.05, 0) is 124 Å². The first-order valence-corrected chi connectivity index (χ1v) is 30.5. The minimum Gasteiger partial charge on any atom is -0.125 e. The van der Waals surface area contributed by atoms with Crippen LogP contribution in [0.25, 0.3) is 53.9 Å². The van der Waals surface area contributed by atoms with E-state index in [9.17, 15) is 0 Å². The lowest BCUT2D eigenvalue weighted by atomic mass is 9.88. The van der Waals surface area contributed by atoms with Gasteiger partial charge in [0.05, 0.1) is 0 Å². The zero-order valence-corrected chi connectivity index (χ0v) is 39.5. The van der Waals surface area contributed by atoms with E-state index in [1.54, 1.807) is 0 Å². The normalized spacial score (nSPS) is 21.6. The van der Waals surface area contributed by atoms with E-state index in [1.807, 2.05) is 0 Å². The Hall–Kier alpha value is -3.83. The Morgan fingerprint density at radius 1 is 0.290 bits per heavy atom. The molecule has 2 heteroatoms. The van der Waals surface area contributed by atoms with Crippen molar-refractivity contribution in [3.8, 4) is 22.9 Å². The summed E-state index contributed by atoms with van der Waals surface area (Å²) in [5, 5.41) is 13.5. The predicted octanol–water partition coefficient (Wildman–Crippen LogP) is 17.8. The molecule has 6 aliphatic carbocycles. The number of benzene rings is 6. The maximum Gasteiger partial charge on any atom is 0.148 e. The van der Waals surface area contributed by atoms with Crippen LogP contribution in [0.4, 0.5) is 0 Å². The molecule has 62 heavy (non-hydrogen) atoms. The topological polar surface area (TPSA) is 0 Å². The zero-order chi connectivity index (χ0) is 41.1. The van der Waals surface area contributed by atoms with Gasteiger partial charge in [0.2, 0.25) is 0 Å². The first kappa shape index (κ1) is 39.7. The lowest BCUT2D eigenvalue weighted by Crippen LogP contribution is -2.46. The molecule has 0 radical (unpaired) electrons. The average Bonchev–Trinajstić information content (AvgIpc) is 4.17. The molecule has 6 aromatic rings. The molecule has 0 N–H and O–H groups in total. The summed E-state index contributed by atoms with van der Waals surface area (Å²) in [7, 11) is -3.96. The van der Waals surface area contributed by atoms with E-state index in [-0.39, 0.29) is 0 Å². The summed E-state index contributed by atoms with van der Waals surface area (Å²) in [6.45, 7) is 0. The molecule has 0 saturated heterocycles. The molecule has 12 rings (SSSR count). The second-order valence-electron chi connectivity index (χ2n) is 21.7. The third-order valence-electron chi connectivity index (χ3n) is 18.8. The smallest absolute Gasteiger partial charge is 0.125 e. The third kappa shape index (κ3) is 6.67. The highest BCUT2D eigenvalue weighted by Crippen LogP contribution is 2.60. The SMILES string of the molecule is C(#C[Si](C1CCCC1)(C1CCCC1)C1CCCC1)c1c2cc3ccccc3cc2c(C#C[Si](C2CCCC2)(C2CCCC2)C2CCCC2)c2cc3cc4ccccc4cc3cc12. The van der Waals surface area contributed by atoms with Crippen LogP contribution in [0.3, 0.4) is 0 Å². The summed E-state index contributed by atoms with van der Waals surface area (Å²) in [5.74, 6) is 8.75. The summed E-state index contributed by atoms with van der Waals surface area (Å²) < 4.78 is 0. The van der Waals surface area contributed by atoms with Crippen molar-refractivity contribution < 1.29 is 0 Å². The fourth-order valence-electron chi connectivity index (χ4n) is 16.0. The predicted molar refractivity (Wildman–Crippen MR) is 273 cm³/mol. The first-order valence-electron chi connectivity index (χ1n) is 26.0.